The van der Waals surface area contributed by atoms with Crippen molar-refractivity contribution in [2.75, 3.05) is 39.4 Å². The van der Waals surface area contributed by atoms with Gasteiger partial charge in [-0.05, 0) is 50.2 Å². The summed E-state index contributed by atoms with van der Waals surface area (Å²) >= 11 is 0. The van der Waals surface area contributed by atoms with Crippen LogP contribution in [0.15, 0.2) is 24.3 Å². The molecule has 114 valence electrons. The number of rotatable bonds is 3. The molecule has 1 N–H and O–H groups in total. The van der Waals surface area contributed by atoms with Crippen LogP contribution in [0.3, 0.4) is 0 Å². The van der Waals surface area contributed by atoms with Crippen LogP contribution < -0.4 is 10.1 Å². The molecular weight excluding hydrogens is 268 g/mol. The Labute approximate surface area is 125 Å². The van der Waals surface area contributed by atoms with Crippen LogP contribution in [-0.4, -0.2) is 56.3 Å². The van der Waals surface area contributed by atoms with Crippen molar-refractivity contribution in [1.82, 2.24) is 10.2 Å². The lowest BCUT2D eigenvalue weighted by Crippen LogP contribution is -2.40. The molecular formula is C16H22N2O3. The number of ether oxygens (including phenoxy) is 2. The highest BCUT2D eigenvalue weighted by molar-refractivity contribution is 5.94. The summed E-state index contributed by atoms with van der Waals surface area (Å²) in [7, 11) is 0. The molecule has 1 aromatic rings. The summed E-state index contributed by atoms with van der Waals surface area (Å²) < 4.78 is 11.2. The van der Waals surface area contributed by atoms with Crippen molar-refractivity contribution in [1.29, 1.82) is 0 Å². The van der Waals surface area contributed by atoms with E-state index in [0.717, 1.165) is 37.2 Å². The van der Waals surface area contributed by atoms with Crippen LogP contribution in [0.5, 0.6) is 5.75 Å². The maximum absolute atomic E-state index is 12.3. The zero-order valence-electron chi connectivity index (χ0n) is 12.2. The van der Waals surface area contributed by atoms with E-state index < -0.39 is 0 Å². The van der Waals surface area contributed by atoms with Crippen molar-refractivity contribution in [2.24, 2.45) is 0 Å². The van der Waals surface area contributed by atoms with Crippen LogP contribution in [0.1, 0.15) is 23.2 Å². The first-order valence-electron chi connectivity index (χ1n) is 7.67. The van der Waals surface area contributed by atoms with Gasteiger partial charge < -0.3 is 19.7 Å². The summed E-state index contributed by atoms with van der Waals surface area (Å²) in [5.74, 6) is 0.923. The summed E-state index contributed by atoms with van der Waals surface area (Å²) in [6.45, 7) is 4.63. The number of nitrogens with zero attached hydrogens (tertiary/aromatic N) is 1. The van der Waals surface area contributed by atoms with Gasteiger partial charge in [-0.1, -0.05) is 0 Å². The maximum atomic E-state index is 12.3. The van der Waals surface area contributed by atoms with Crippen LogP contribution >= 0.6 is 0 Å². The molecule has 1 amide bonds. The molecule has 0 spiro atoms. The summed E-state index contributed by atoms with van der Waals surface area (Å²) in [6, 6.07) is 7.51. The molecule has 0 aromatic heterocycles. The Kier molecular flexibility index (Phi) is 4.72. The van der Waals surface area contributed by atoms with Gasteiger partial charge in [0, 0.05) is 18.7 Å². The lowest BCUT2D eigenvalue weighted by atomic mass is 10.1. The summed E-state index contributed by atoms with van der Waals surface area (Å²) in [5.41, 5.74) is 0.717. The van der Waals surface area contributed by atoms with Crippen molar-refractivity contribution in [3.05, 3.63) is 29.8 Å². The molecule has 21 heavy (non-hydrogen) atoms. The van der Waals surface area contributed by atoms with Gasteiger partial charge >= 0.3 is 0 Å². The largest absolute Gasteiger partial charge is 0.490 e. The van der Waals surface area contributed by atoms with E-state index in [4.69, 9.17) is 9.47 Å². The molecule has 2 heterocycles. The molecule has 0 aliphatic carbocycles. The molecule has 0 saturated carbocycles. The Morgan fingerprint density at radius 3 is 2.48 bits per heavy atom. The zero-order chi connectivity index (χ0) is 14.5. The molecule has 3 rings (SSSR count). The van der Waals surface area contributed by atoms with Crippen LogP contribution in [0.2, 0.25) is 0 Å². The van der Waals surface area contributed by atoms with Crippen molar-refractivity contribution in [3.8, 4) is 5.75 Å². The van der Waals surface area contributed by atoms with Crippen molar-refractivity contribution >= 4 is 5.91 Å². The second-order valence-corrected chi connectivity index (χ2v) is 5.50. The molecule has 0 unspecified atom stereocenters. The molecule has 0 atom stereocenters. The second kappa shape index (κ2) is 6.91. The first-order valence-corrected chi connectivity index (χ1v) is 7.67. The van der Waals surface area contributed by atoms with Crippen LogP contribution in [0.4, 0.5) is 0 Å². The van der Waals surface area contributed by atoms with Crippen LogP contribution in [-0.2, 0) is 4.74 Å². The minimum Gasteiger partial charge on any atom is -0.490 e. The predicted octanol–water partition coefficient (Wildman–Crippen LogP) is 1.29. The molecule has 5 heteroatoms. The van der Waals surface area contributed by atoms with Gasteiger partial charge in [-0.15, -0.1) is 0 Å². The fourth-order valence-electron chi connectivity index (χ4n) is 2.73. The van der Waals surface area contributed by atoms with E-state index in [1.165, 1.54) is 0 Å². The second-order valence-electron chi connectivity index (χ2n) is 5.50. The molecule has 1 aromatic carbocycles. The van der Waals surface area contributed by atoms with E-state index in [1.54, 1.807) is 0 Å². The molecule has 5 nitrogen and oxygen atoms in total. The number of nitrogens with one attached hydrogen (secondary N) is 1. The van der Waals surface area contributed by atoms with Crippen molar-refractivity contribution < 1.29 is 14.3 Å². The SMILES string of the molecule is O=C(c1ccc(OC2CCNCC2)cc1)N1CCOCC1. The van der Waals surface area contributed by atoms with Gasteiger partial charge in [-0.3, -0.25) is 4.79 Å². The van der Waals surface area contributed by atoms with Gasteiger partial charge in [0.2, 0.25) is 0 Å². The Morgan fingerprint density at radius 1 is 1.14 bits per heavy atom. The van der Waals surface area contributed by atoms with Gasteiger partial charge in [0.05, 0.1) is 13.2 Å². The van der Waals surface area contributed by atoms with E-state index in [-0.39, 0.29) is 12.0 Å². The average molecular weight is 290 g/mol. The Balaban J connectivity index is 1.59. The van der Waals surface area contributed by atoms with E-state index in [1.807, 2.05) is 29.2 Å². The number of amides is 1. The quantitative estimate of drug-likeness (QED) is 0.911. The third kappa shape index (κ3) is 3.74. The minimum atomic E-state index is 0.0757. The van der Waals surface area contributed by atoms with Gasteiger partial charge in [0.15, 0.2) is 0 Å². The van der Waals surface area contributed by atoms with Crippen molar-refractivity contribution in [2.45, 2.75) is 18.9 Å². The summed E-state index contributed by atoms with van der Waals surface area (Å²) in [6.07, 6.45) is 2.36. The topological polar surface area (TPSA) is 50.8 Å². The predicted molar refractivity (Wildman–Crippen MR) is 79.7 cm³/mol. The fourth-order valence-corrected chi connectivity index (χ4v) is 2.73. The normalized spacial score (nSPS) is 20.3. The smallest absolute Gasteiger partial charge is 0.254 e. The Morgan fingerprint density at radius 2 is 1.81 bits per heavy atom. The number of piperidine rings is 1. The van der Waals surface area contributed by atoms with Crippen LogP contribution in [0.25, 0.3) is 0 Å². The summed E-state index contributed by atoms with van der Waals surface area (Å²) in [5, 5.41) is 3.32. The fraction of sp³-hybridized carbons (Fsp3) is 0.562. The monoisotopic (exact) mass is 290 g/mol. The number of hydrogen-bond acceptors (Lipinski definition) is 4. The highest BCUT2D eigenvalue weighted by Crippen LogP contribution is 2.18. The molecule has 2 fully saturated rings. The molecule has 2 saturated heterocycles. The first kappa shape index (κ1) is 14.4. The highest BCUT2D eigenvalue weighted by Gasteiger charge is 2.19. The van der Waals surface area contributed by atoms with Crippen LogP contribution in [0, 0.1) is 0 Å². The molecule has 2 aliphatic rings. The number of carbonyl (C=O) groups is 1. The van der Waals surface area contributed by atoms with E-state index in [0.29, 0.717) is 26.3 Å². The lowest BCUT2D eigenvalue weighted by Gasteiger charge is -2.27. The molecule has 0 radical (unpaired) electrons. The van der Waals surface area contributed by atoms with Gasteiger partial charge in [-0.2, -0.15) is 0 Å². The van der Waals surface area contributed by atoms with Gasteiger partial charge in [0.1, 0.15) is 11.9 Å². The van der Waals surface area contributed by atoms with E-state index in [9.17, 15) is 4.79 Å². The standard InChI is InChI=1S/C16H22N2O3/c19-16(18-9-11-20-12-10-18)13-1-3-14(4-2-13)21-15-5-7-17-8-6-15/h1-4,15,17H,5-12H2. The minimum absolute atomic E-state index is 0.0757. The highest BCUT2D eigenvalue weighted by atomic mass is 16.5. The number of benzene rings is 1. The van der Waals surface area contributed by atoms with Gasteiger partial charge in [0.25, 0.3) is 5.91 Å². The molecule has 0 bridgehead atoms. The average Bonchev–Trinajstić information content (AvgIpc) is 2.57. The Bertz CT molecular complexity index is 463. The van der Waals surface area contributed by atoms with Gasteiger partial charge in [-0.25, -0.2) is 0 Å². The lowest BCUT2D eigenvalue weighted by molar-refractivity contribution is 0.0303. The summed E-state index contributed by atoms with van der Waals surface area (Å²) in [4.78, 5) is 14.2. The van der Waals surface area contributed by atoms with E-state index >= 15 is 0 Å². The number of hydrogen-bond donors (Lipinski definition) is 1. The molecule has 2 aliphatic heterocycles. The Hall–Kier alpha value is -1.59. The zero-order valence-corrected chi connectivity index (χ0v) is 12.2. The first-order chi connectivity index (χ1) is 10.3. The third-order valence-electron chi connectivity index (χ3n) is 3.99. The number of carbonyl (C=O) groups excluding carboxylic acids is 1. The third-order valence-corrected chi connectivity index (χ3v) is 3.99. The van der Waals surface area contributed by atoms with Crippen molar-refractivity contribution in [3.63, 3.8) is 0 Å². The maximum Gasteiger partial charge on any atom is 0.254 e. The van der Waals surface area contributed by atoms with E-state index in [2.05, 4.69) is 5.32 Å². The number of morpholine rings is 1.